The van der Waals surface area contributed by atoms with Gasteiger partial charge in [-0.1, -0.05) is 0 Å². The monoisotopic (exact) mass is 497 g/mol. The van der Waals surface area contributed by atoms with E-state index in [1.807, 2.05) is 29.2 Å². The number of halogens is 2. The minimum atomic E-state index is -0.343. The number of benzene rings is 2. The lowest BCUT2D eigenvalue weighted by atomic mass is 10.3. The molecule has 0 unspecified atom stereocenters. The molecule has 0 saturated carbocycles. The molecule has 1 aliphatic heterocycles. The molecule has 0 radical (unpaired) electrons. The second-order valence-electron chi connectivity index (χ2n) is 6.45. The Morgan fingerprint density at radius 3 is 2.29 bits per heavy atom. The van der Waals surface area contributed by atoms with E-state index in [0.717, 1.165) is 3.57 Å². The van der Waals surface area contributed by atoms with Gasteiger partial charge in [0, 0.05) is 35.4 Å². The molecule has 0 aromatic heterocycles. The first kappa shape index (κ1) is 20.5. The smallest absolute Gasteiger partial charge is 0.260 e. The maximum atomic E-state index is 12.9. The van der Waals surface area contributed by atoms with E-state index in [-0.39, 0.29) is 30.8 Å². The number of piperazine rings is 1. The number of nitrogens with zero attached hydrogens (tertiary/aromatic N) is 2. The van der Waals surface area contributed by atoms with Crippen LogP contribution in [0.25, 0.3) is 0 Å². The lowest BCUT2D eigenvalue weighted by molar-refractivity contribution is -0.135. The Hall–Kier alpha value is -2.20. The van der Waals surface area contributed by atoms with Gasteiger partial charge in [-0.25, -0.2) is 4.39 Å². The number of rotatable bonds is 6. The first-order valence-corrected chi connectivity index (χ1v) is 10.0. The Bertz CT molecular complexity index is 806. The van der Waals surface area contributed by atoms with Crippen molar-refractivity contribution in [1.29, 1.82) is 0 Å². The van der Waals surface area contributed by atoms with Crippen molar-refractivity contribution >= 4 is 40.1 Å². The zero-order chi connectivity index (χ0) is 19.9. The molecule has 6 nitrogen and oxygen atoms in total. The fraction of sp³-hybridized carbons (Fsp3) is 0.300. The average molecular weight is 497 g/mol. The van der Waals surface area contributed by atoms with Crippen LogP contribution in [0.1, 0.15) is 0 Å². The summed E-state index contributed by atoms with van der Waals surface area (Å²) in [5, 5.41) is 2.74. The van der Waals surface area contributed by atoms with Gasteiger partial charge in [-0.3, -0.25) is 14.5 Å². The Morgan fingerprint density at radius 1 is 1.00 bits per heavy atom. The highest BCUT2D eigenvalue weighted by Gasteiger charge is 2.22. The van der Waals surface area contributed by atoms with E-state index in [0.29, 0.717) is 37.6 Å². The maximum Gasteiger partial charge on any atom is 0.260 e. The summed E-state index contributed by atoms with van der Waals surface area (Å²) in [6.45, 7) is 2.58. The van der Waals surface area contributed by atoms with Gasteiger partial charge < -0.3 is 15.0 Å². The van der Waals surface area contributed by atoms with Crippen LogP contribution in [0.15, 0.2) is 48.5 Å². The standard InChI is InChI=1S/C20H21FIN3O3/c21-15-1-5-17(6-2-15)23-19(26)13-24-9-11-25(12-10-24)20(27)14-28-18-7-3-16(22)4-8-18/h1-8H,9-14H2,(H,23,26). The first-order chi connectivity index (χ1) is 13.5. The quantitative estimate of drug-likeness (QED) is 0.624. The molecule has 1 N–H and O–H groups in total. The van der Waals surface area contributed by atoms with Gasteiger partial charge >= 0.3 is 0 Å². The van der Waals surface area contributed by atoms with Gasteiger partial charge in [0.25, 0.3) is 5.91 Å². The van der Waals surface area contributed by atoms with Crippen LogP contribution >= 0.6 is 22.6 Å². The van der Waals surface area contributed by atoms with E-state index in [1.165, 1.54) is 24.3 Å². The summed E-state index contributed by atoms with van der Waals surface area (Å²) < 4.78 is 19.6. The summed E-state index contributed by atoms with van der Waals surface area (Å²) in [5.41, 5.74) is 0.563. The molecule has 0 spiro atoms. The van der Waals surface area contributed by atoms with E-state index >= 15 is 0 Å². The zero-order valence-electron chi connectivity index (χ0n) is 15.2. The molecule has 1 heterocycles. The van der Waals surface area contributed by atoms with Gasteiger partial charge in [0.05, 0.1) is 6.54 Å². The molecule has 2 aromatic rings. The molecule has 28 heavy (non-hydrogen) atoms. The molecule has 2 aromatic carbocycles. The SMILES string of the molecule is O=C(CN1CCN(C(=O)COc2ccc(I)cc2)CC1)Nc1ccc(F)cc1. The topological polar surface area (TPSA) is 61.9 Å². The van der Waals surface area contributed by atoms with Crippen LogP contribution in [0.4, 0.5) is 10.1 Å². The second kappa shape index (κ2) is 9.83. The summed E-state index contributed by atoms with van der Waals surface area (Å²) in [4.78, 5) is 28.2. The van der Waals surface area contributed by atoms with Crippen molar-refractivity contribution in [3.8, 4) is 5.75 Å². The lowest BCUT2D eigenvalue weighted by Crippen LogP contribution is -2.51. The van der Waals surface area contributed by atoms with Crippen molar-refractivity contribution in [2.45, 2.75) is 0 Å². The number of carbonyl (C=O) groups is 2. The number of hydrogen-bond acceptors (Lipinski definition) is 4. The molecule has 3 rings (SSSR count). The molecule has 2 amide bonds. The van der Waals surface area contributed by atoms with Gasteiger partial charge in [-0.15, -0.1) is 0 Å². The largest absolute Gasteiger partial charge is 0.484 e. The minimum Gasteiger partial charge on any atom is -0.484 e. The number of nitrogens with one attached hydrogen (secondary N) is 1. The Labute approximate surface area is 176 Å². The van der Waals surface area contributed by atoms with E-state index in [2.05, 4.69) is 27.9 Å². The Balaban J connectivity index is 1.38. The third-order valence-electron chi connectivity index (χ3n) is 4.40. The molecule has 1 aliphatic rings. The average Bonchev–Trinajstić information content (AvgIpc) is 2.69. The van der Waals surface area contributed by atoms with Crippen molar-refractivity contribution in [3.63, 3.8) is 0 Å². The van der Waals surface area contributed by atoms with Crippen LogP contribution in [0, 0.1) is 9.39 Å². The summed E-state index contributed by atoms with van der Waals surface area (Å²) in [6, 6.07) is 13.2. The van der Waals surface area contributed by atoms with E-state index in [9.17, 15) is 14.0 Å². The van der Waals surface area contributed by atoms with Gasteiger partial charge in [0.1, 0.15) is 11.6 Å². The number of hydrogen-bond donors (Lipinski definition) is 1. The summed E-state index contributed by atoms with van der Waals surface area (Å²) in [5.74, 6) is 0.108. The summed E-state index contributed by atoms with van der Waals surface area (Å²) >= 11 is 2.21. The van der Waals surface area contributed by atoms with E-state index in [4.69, 9.17) is 4.74 Å². The lowest BCUT2D eigenvalue weighted by Gasteiger charge is -2.34. The highest BCUT2D eigenvalue weighted by molar-refractivity contribution is 14.1. The molecule has 0 aliphatic carbocycles. The maximum absolute atomic E-state index is 12.9. The van der Waals surface area contributed by atoms with Crippen LogP contribution < -0.4 is 10.1 Å². The molecular formula is C20H21FIN3O3. The van der Waals surface area contributed by atoms with Gasteiger partial charge in [-0.2, -0.15) is 0 Å². The zero-order valence-corrected chi connectivity index (χ0v) is 17.4. The van der Waals surface area contributed by atoms with Crippen molar-refractivity contribution < 1.29 is 18.7 Å². The molecule has 1 saturated heterocycles. The molecule has 0 bridgehead atoms. The van der Waals surface area contributed by atoms with E-state index < -0.39 is 0 Å². The third-order valence-corrected chi connectivity index (χ3v) is 5.12. The fourth-order valence-electron chi connectivity index (χ4n) is 2.86. The first-order valence-electron chi connectivity index (χ1n) is 8.93. The number of carbonyl (C=O) groups excluding carboxylic acids is 2. The predicted octanol–water partition coefficient (Wildman–Crippen LogP) is 2.59. The minimum absolute atomic E-state index is 0.00560. The highest BCUT2D eigenvalue weighted by Crippen LogP contribution is 2.14. The Morgan fingerprint density at radius 2 is 1.64 bits per heavy atom. The molecule has 1 fully saturated rings. The highest BCUT2D eigenvalue weighted by atomic mass is 127. The number of ether oxygens (including phenoxy) is 1. The van der Waals surface area contributed by atoms with Crippen LogP contribution in [0.5, 0.6) is 5.75 Å². The number of amides is 2. The molecule has 0 atom stereocenters. The van der Waals surface area contributed by atoms with Crippen molar-refractivity contribution in [1.82, 2.24) is 9.80 Å². The van der Waals surface area contributed by atoms with Gasteiger partial charge in [0.2, 0.25) is 5.91 Å². The van der Waals surface area contributed by atoms with Crippen molar-refractivity contribution in [2.24, 2.45) is 0 Å². The summed E-state index contributed by atoms with van der Waals surface area (Å²) in [7, 11) is 0. The molecular weight excluding hydrogens is 476 g/mol. The number of anilines is 1. The Kier molecular flexibility index (Phi) is 7.21. The van der Waals surface area contributed by atoms with Gasteiger partial charge in [0.15, 0.2) is 6.61 Å². The normalized spacial score (nSPS) is 14.6. The predicted molar refractivity (Wildman–Crippen MR) is 113 cm³/mol. The summed E-state index contributed by atoms with van der Waals surface area (Å²) in [6.07, 6.45) is 0. The third kappa shape index (κ3) is 6.16. The fourth-order valence-corrected chi connectivity index (χ4v) is 3.22. The van der Waals surface area contributed by atoms with Crippen molar-refractivity contribution in [3.05, 3.63) is 57.9 Å². The second-order valence-corrected chi connectivity index (χ2v) is 7.70. The van der Waals surface area contributed by atoms with Crippen molar-refractivity contribution in [2.75, 3.05) is 44.6 Å². The van der Waals surface area contributed by atoms with Crippen LogP contribution in [-0.2, 0) is 9.59 Å². The van der Waals surface area contributed by atoms with Crippen LogP contribution in [-0.4, -0.2) is 60.9 Å². The molecule has 148 valence electrons. The van der Waals surface area contributed by atoms with E-state index in [1.54, 1.807) is 4.90 Å². The molecule has 8 heteroatoms. The van der Waals surface area contributed by atoms with Crippen LogP contribution in [0.2, 0.25) is 0 Å². The van der Waals surface area contributed by atoms with Gasteiger partial charge in [-0.05, 0) is 71.1 Å². The van der Waals surface area contributed by atoms with Crippen LogP contribution in [0.3, 0.4) is 0 Å².